The Morgan fingerprint density at radius 3 is 2.09 bits per heavy atom. The Bertz CT molecular complexity index is 329. The Labute approximate surface area is 142 Å². The van der Waals surface area contributed by atoms with E-state index in [1.165, 1.54) is 26.4 Å². The molecule has 0 saturated heterocycles. The van der Waals surface area contributed by atoms with E-state index < -0.39 is 13.9 Å². The van der Waals surface area contributed by atoms with Crippen molar-refractivity contribution in [2.75, 3.05) is 20.3 Å². The Morgan fingerprint density at radius 2 is 1.65 bits per heavy atom. The smallest absolute Gasteiger partial charge is 0.378 e. The summed E-state index contributed by atoms with van der Waals surface area (Å²) in [5, 5.41) is 0. The number of hydrogen-bond donors (Lipinski definition) is 1. The van der Waals surface area contributed by atoms with Crippen LogP contribution >= 0.6 is 7.82 Å². The Hall–Kier alpha value is 0.0700. The summed E-state index contributed by atoms with van der Waals surface area (Å²) in [4.78, 5) is 9.42. The zero-order valence-corrected chi connectivity index (χ0v) is 16.6. The first kappa shape index (κ1) is 23.1. The van der Waals surface area contributed by atoms with E-state index in [1.54, 1.807) is 0 Å². The average molecular weight is 352 g/mol. The van der Waals surface area contributed by atoms with Gasteiger partial charge in [0.2, 0.25) is 0 Å². The van der Waals surface area contributed by atoms with Crippen molar-refractivity contribution >= 4 is 7.82 Å². The van der Waals surface area contributed by atoms with Crippen molar-refractivity contribution in [1.82, 2.24) is 0 Å². The maximum atomic E-state index is 11.5. The van der Waals surface area contributed by atoms with Gasteiger partial charge in [0, 0.05) is 7.11 Å². The third-order valence-electron chi connectivity index (χ3n) is 4.30. The number of rotatable bonds is 15. The first-order valence-electron chi connectivity index (χ1n) is 9.03. The first-order valence-corrected chi connectivity index (χ1v) is 10.5. The highest BCUT2D eigenvalue weighted by atomic mass is 31.2. The van der Waals surface area contributed by atoms with Gasteiger partial charge >= 0.3 is 7.82 Å². The van der Waals surface area contributed by atoms with Crippen LogP contribution in [0.25, 0.3) is 0 Å². The SMILES string of the molecule is CCCCC(CCC)(CCC)COCC(CC)OP(=O)(O)OC. The molecule has 6 heteroatoms. The largest absolute Gasteiger partial charge is 0.472 e. The molecule has 0 aromatic carbocycles. The van der Waals surface area contributed by atoms with Crippen LogP contribution in [0.3, 0.4) is 0 Å². The normalized spacial score (nSPS) is 16.3. The van der Waals surface area contributed by atoms with Crippen molar-refractivity contribution in [2.24, 2.45) is 5.41 Å². The lowest BCUT2D eigenvalue weighted by Gasteiger charge is -2.34. The fraction of sp³-hybridized carbons (Fsp3) is 1.00. The van der Waals surface area contributed by atoms with E-state index in [1.807, 2.05) is 6.92 Å². The molecular weight excluding hydrogens is 315 g/mol. The number of phosphoric acid groups is 1. The monoisotopic (exact) mass is 352 g/mol. The van der Waals surface area contributed by atoms with Crippen molar-refractivity contribution < 1.29 is 23.2 Å². The lowest BCUT2D eigenvalue weighted by molar-refractivity contribution is -0.0201. The van der Waals surface area contributed by atoms with Crippen molar-refractivity contribution in [1.29, 1.82) is 0 Å². The van der Waals surface area contributed by atoms with Crippen LogP contribution in [0.4, 0.5) is 0 Å². The molecule has 0 aromatic heterocycles. The second-order valence-corrected chi connectivity index (χ2v) is 7.92. The summed E-state index contributed by atoms with van der Waals surface area (Å²) in [5.41, 5.74) is 0.224. The van der Waals surface area contributed by atoms with Gasteiger partial charge in [-0.05, 0) is 31.1 Å². The van der Waals surface area contributed by atoms with Gasteiger partial charge in [-0.2, -0.15) is 0 Å². The molecule has 2 atom stereocenters. The lowest BCUT2D eigenvalue weighted by Crippen LogP contribution is -2.29. The van der Waals surface area contributed by atoms with Gasteiger partial charge in [-0.1, -0.05) is 53.4 Å². The molecule has 0 aromatic rings. The first-order chi connectivity index (χ1) is 10.9. The summed E-state index contributed by atoms with van der Waals surface area (Å²) in [5.74, 6) is 0. The summed E-state index contributed by atoms with van der Waals surface area (Å²) in [6.07, 6.45) is 8.40. The lowest BCUT2D eigenvalue weighted by atomic mass is 9.76. The van der Waals surface area contributed by atoms with Crippen molar-refractivity contribution in [3.8, 4) is 0 Å². The summed E-state index contributed by atoms with van der Waals surface area (Å²) in [6.45, 7) is 9.58. The predicted molar refractivity (Wildman–Crippen MR) is 94.6 cm³/mol. The number of hydrogen-bond acceptors (Lipinski definition) is 4. The van der Waals surface area contributed by atoms with E-state index in [-0.39, 0.29) is 5.41 Å². The van der Waals surface area contributed by atoms with Crippen LogP contribution < -0.4 is 0 Å². The number of unbranched alkanes of at least 4 members (excludes halogenated alkanes) is 1. The van der Waals surface area contributed by atoms with Crippen LogP contribution in [0, 0.1) is 5.41 Å². The minimum absolute atomic E-state index is 0.224. The molecule has 0 rings (SSSR count). The molecule has 0 aliphatic rings. The summed E-state index contributed by atoms with van der Waals surface area (Å²) in [7, 11) is -2.78. The van der Waals surface area contributed by atoms with E-state index in [2.05, 4.69) is 25.3 Å². The predicted octanol–water partition coefficient (Wildman–Crippen LogP) is 5.32. The van der Waals surface area contributed by atoms with Crippen LogP contribution in [-0.2, 0) is 18.3 Å². The molecule has 0 spiro atoms. The highest BCUT2D eigenvalue weighted by molar-refractivity contribution is 7.47. The van der Waals surface area contributed by atoms with Gasteiger partial charge in [0.25, 0.3) is 0 Å². The third kappa shape index (κ3) is 9.83. The van der Waals surface area contributed by atoms with Gasteiger partial charge in [0.05, 0.1) is 19.3 Å². The van der Waals surface area contributed by atoms with Crippen molar-refractivity contribution in [3.05, 3.63) is 0 Å². The molecule has 0 amide bonds. The van der Waals surface area contributed by atoms with E-state index in [0.717, 1.165) is 25.7 Å². The van der Waals surface area contributed by atoms with Gasteiger partial charge in [0.1, 0.15) is 0 Å². The van der Waals surface area contributed by atoms with Crippen molar-refractivity contribution in [3.63, 3.8) is 0 Å². The van der Waals surface area contributed by atoms with Crippen LogP contribution in [0.15, 0.2) is 0 Å². The quantitative estimate of drug-likeness (QED) is 0.404. The fourth-order valence-electron chi connectivity index (χ4n) is 3.07. The van der Waals surface area contributed by atoms with Crippen LogP contribution in [-0.4, -0.2) is 31.3 Å². The van der Waals surface area contributed by atoms with Gasteiger partial charge in [-0.3, -0.25) is 9.05 Å². The second kappa shape index (κ2) is 12.4. The zero-order valence-electron chi connectivity index (χ0n) is 15.7. The van der Waals surface area contributed by atoms with E-state index in [4.69, 9.17) is 9.26 Å². The molecule has 0 aliphatic heterocycles. The average Bonchev–Trinajstić information content (AvgIpc) is 2.52. The molecule has 140 valence electrons. The Balaban J connectivity index is 4.60. The molecule has 2 unspecified atom stereocenters. The molecule has 0 aliphatic carbocycles. The molecule has 1 N–H and O–H groups in total. The van der Waals surface area contributed by atoms with E-state index in [9.17, 15) is 9.46 Å². The van der Waals surface area contributed by atoms with Crippen LogP contribution in [0.2, 0.25) is 0 Å². The van der Waals surface area contributed by atoms with Gasteiger partial charge in [0.15, 0.2) is 0 Å². The van der Waals surface area contributed by atoms with E-state index in [0.29, 0.717) is 19.6 Å². The fourth-order valence-corrected chi connectivity index (χ4v) is 3.74. The highest BCUT2D eigenvalue weighted by Crippen LogP contribution is 2.44. The number of ether oxygens (including phenoxy) is 1. The molecule has 0 fully saturated rings. The standard InChI is InChI=1S/C17H37O5P/c1-6-10-13-17(11-7-2,12-8-3)15-21-14-16(9-4)22-23(18,19)20-5/h16H,6-15H2,1-5H3,(H,18,19). The topological polar surface area (TPSA) is 65.0 Å². The third-order valence-corrected chi connectivity index (χ3v) is 5.33. The Morgan fingerprint density at radius 1 is 1.04 bits per heavy atom. The zero-order chi connectivity index (χ0) is 17.8. The van der Waals surface area contributed by atoms with Gasteiger partial charge in [-0.25, -0.2) is 4.57 Å². The molecule has 0 radical (unpaired) electrons. The van der Waals surface area contributed by atoms with Crippen LogP contribution in [0.1, 0.15) is 79.1 Å². The summed E-state index contributed by atoms with van der Waals surface area (Å²) in [6, 6.07) is 0. The summed E-state index contributed by atoms with van der Waals surface area (Å²) >= 11 is 0. The molecular formula is C17H37O5P. The minimum atomic E-state index is -3.95. The van der Waals surface area contributed by atoms with E-state index >= 15 is 0 Å². The molecule has 5 nitrogen and oxygen atoms in total. The number of phosphoric ester groups is 1. The van der Waals surface area contributed by atoms with Gasteiger partial charge < -0.3 is 9.63 Å². The van der Waals surface area contributed by atoms with Crippen molar-refractivity contribution in [2.45, 2.75) is 85.2 Å². The molecule has 0 saturated carbocycles. The van der Waals surface area contributed by atoms with Gasteiger partial charge in [-0.15, -0.1) is 0 Å². The maximum absolute atomic E-state index is 11.5. The summed E-state index contributed by atoms with van der Waals surface area (Å²) < 4.78 is 27.0. The highest BCUT2D eigenvalue weighted by Gasteiger charge is 2.29. The maximum Gasteiger partial charge on any atom is 0.472 e. The molecule has 0 bridgehead atoms. The molecule has 0 heterocycles. The molecule has 23 heavy (non-hydrogen) atoms. The minimum Gasteiger partial charge on any atom is -0.378 e. The second-order valence-electron chi connectivity index (χ2n) is 6.41. The Kier molecular flexibility index (Phi) is 12.5. The van der Waals surface area contributed by atoms with Crippen LogP contribution in [0.5, 0.6) is 0 Å².